The largest absolute Gasteiger partial charge is 0.462 e. The first-order valence-electron chi connectivity index (χ1n) is 24.8. The Morgan fingerprint density at radius 1 is 0.375 bits per heavy atom. The zero-order chi connectivity index (χ0) is 41.2. The smallest absolute Gasteiger partial charge is 0.306 e. The highest BCUT2D eigenvalue weighted by atomic mass is 16.6. The van der Waals surface area contributed by atoms with Gasteiger partial charge >= 0.3 is 17.9 Å². The molecule has 0 aromatic carbocycles. The van der Waals surface area contributed by atoms with Gasteiger partial charge in [0.2, 0.25) is 0 Å². The van der Waals surface area contributed by atoms with Gasteiger partial charge in [0, 0.05) is 19.3 Å². The molecule has 0 saturated carbocycles. The topological polar surface area (TPSA) is 78.9 Å². The van der Waals surface area contributed by atoms with Crippen LogP contribution in [0.2, 0.25) is 0 Å². The maximum absolute atomic E-state index is 12.8. The lowest BCUT2D eigenvalue weighted by molar-refractivity contribution is -0.167. The van der Waals surface area contributed by atoms with Gasteiger partial charge in [0.05, 0.1) is 0 Å². The maximum Gasteiger partial charge on any atom is 0.306 e. The molecule has 0 bridgehead atoms. The van der Waals surface area contributed by atoms with Crippen molar-refractivity contribution in [2.75, 3.05) is 13.2 Å². The summed E-state index contributed by atoms with van der Waals surface area (Å²) in [6.45, 7) is 11.4. The third-order valence-electron chi connectivity index (χ3n) is 11.6. The molecule has 0 aliphatic carbocycles. The predicted molar refractivity (Wildman–Crippen MR) is 238 cm³/mol. The van der Waals surface area contributed by atoms with Crippen LogP contribution in [0.15, 0.2) is 0 Å². The van der Waals surface area contributed by atoms with Gasteiger partial charge in [-0.2, -0.15) is 0 Å². The molecule has 0 N–H and O–H groups in total. The van der Waals surface area contributed by atoms with E-state index in [1.165, 1.54) is 161 Å². The zero-order valence-electron chi connectivity index (χ0n) is 38.3. The van der Waals surface area contributed by atoms with Crippen LogP contribution in [0.3, 0.4) is 0 Å². The molecule has 0 amide bonds. The summed E-state index contributed by atoms with van der Waals surface area (Å²) in [6, 6.07) is 0. The van der Waals surface area contributed by atoms with E-state index >= 15 is 0 Å². The fraction of sp³-hybridized carbons (Fsp3) is 0.940. The Bertz CT molecular complexity index is 856. The van der Waals surface area contributed by atoms with Crippen molar-refractivity contribution in [1.82, 2.24) is 0 Å². The molecule has 0 aromatic heterocycles. The second-order valence-corrected chi connectivity index (χ2v) is 17.8. The van der Waals surface area contributed by atoms with E-state index < -0.39 is 6.10 Å². The van der Waals surface area contributed by atoms with E-state index in [4.69, 9.17) is 14.2 Å². The summed E-state index contributed by atoms with van der Waals surface area (Å²) in [5, 5.41) is 0. The highest BCUT2D eigenvalue weighted by molar-refractivity contribution is 5.71. The molecule has 0 radical (unpaired) electrons. The van der Waals surface area contributed by atoms with Crippen LogP contribution in [-0.4, -0.2) is 37.2 Å². The minimum absolute atomic E-state index is 0.0643. The molecule has 0 rings (SSSR count). The standard InChI is InChI=1S/C50H96O6/c1-6-8-9-10-11-12-20-25-30-35-40-48(51)54-43-47(56-50(53)42-37-32-27-22-17-16-19-24-29-34-39-46(5)7-2)44-55-49(52)41-36-31-26-21-15-13-14-18-23-28-33-38-45(3)4/h45-47H,6-44H2,1-5H3/t46?,47-/m0/s1. The Balaban J connectivity index is 4.32. The summed E-state index contributed by atoms with van der Waals surface area (Å²) in [6.07, 6.45) is 42.2. The van der Waals surface area contributed by atoms with Gasteiger partial charge < -0.3 is 14.2 Å². The lowest BCUT2D eigenvalue weighted by atomic mass is 9.99. The highest BCUT2D eigenvalue weighted by Crippen LogP contribution is 2.17. The van der Waals surface area contributed by atoms with Crippen molar-refractivity contribution in [3.63, 3.8) is 0 Å². The zero-order valence-corrected chi connectivity index (χ0v) is 38.3. The van der Waals surface area contributed by atoms with Gasteiger partial charge in [-0.15, -0.1) is 0 Å². The average Bonchev–Trinajstić information content (AvgIpc) is 3.18. The van der Waals surface area contributed by atoms with Crippen LogP contribution in [0.1, 0.15) is 272 Å². The minimum Gasteiger partial charge on any atom is -0.462 e. The molecule has 2 atom stereocenters. The number of carbonyl (C=O) groups excluding carboxylic acids is 3. The van der Waals surface area contributed by atoms with Crippen LogP contribution in [0, 0.1) is 11.8 Å². The Labute approximate surface area is 348 Å². The number of rotatable bonds is 44. The van der Waals surface area contributed by atoms with Gasteiger partial charge in [-0.05, 0) is 31.1 Å². The van der Waals surface area contributed by atoms with Crippen molar-refractivity contribution in [3.05, 3.63) is 0 Å². The summed E-state index contributed by atoms with van der Waals surface area (Å²) in [5.74, 6) is 0.841. The summed E-state index contributed by atoms with van der Waals surface area (Å²) >= 11 is 0. The lowest BCUT2D eigenvalue weighted by Crippen LogP contribution is -2.30. The molecular formula is C50H96O6. The number of hydrogen-bond donors (Lipinski definition) is 0. The Morgan fingerprint density at radius 2 is 0.679 bits per heavy atom. The van der Waals surface area contributed by atoms with E-state index in [1.807, 2.05) is 0 Å². The summed E-state index contributed by atoms with van der Waals surface area (Å²) in [5.41, 5.74) is 0. The molecule has 56 heavy (non-hydrogen) atoms. The maximum atomic E-state index is 12.8. The molecule has 1 unspecified atom stereocenters. The minimum atomic E-state index is -0.761. The molecule has 0 aliphatic rings. The van der Waals surface area contributed by atoms with Gasteiger partial charge in [0.1, 0.15) is 13.2 Å². The third-order valence-corrected chi connectivity index (χ3v) is 11.6. The number of carbonyl (C=O) groups is 3. The van der Waals surface area contributed by atoms with Crippen LogP contribution in [0.4, 0.5) is 0 Å². The molecule has 332 valence electrons. The van der Waals surface area contributed by atoms with Crippen LogP contribution in [0.25, 0.3) is 0 Å². The molecule has 0 spiro atoms. The van der Waals surface area contributed by atoms with Gasteiger partial charge in [0.25, 0.3) is 0 Å². The van der Waals surface area contributed by atoms with E-state index in [-0.39, 0.29) is 31.1 Å². The van der Waals surface area contributed by atoms with Crippen molar-refractivity contribution in [1.29, 1.82) is 0 Å². The van der Waals surface area contributed by atoms with Gasteiger partial charge in [0.15, 0.2) is 6.10 Å². The van der Waals surface area contributed by atoms with Crippen molar-refractivity contribution < 1.29 is 28.6 Å². The second-order valence-electron chi connectivity index (χ2n) is 17.8. The number of ether oxygens (including phenoxy) is 3. The predicted octanol–water partition coefficient (Wildman–Crippen LogP) is 15.8. The fourth-order valence-electron chi connectivity index (χ4n) is 7.43. The van der Waals surface area contributed by atoms with Gasteiger partial charge in [-0.1, -0.05) is 234 Å². The lowest BCUT2D eigenvalue weighted by Gasteiger charge is -2.18. The molecule has 6 nitrogen and oxygen atoms in total. The number of esters is 3. The third kappa shape index (κ3) is 42.0. The van der Waals surface area contributed by atoms with Crippen LogP contribution in [-0.2, 0) is 28.6 Å². The number of unbranched alkanes of at least 4 members (excludes halogenated alkanes) is 28. The fourth-order valence-corrected chi connectivity index (χ4v) is 7.43. The quantitative estimate of drug-likeness (QED) is 0.0347. The van der Waals surface area contributed by atoms with E-state index in [0.29, 0.717) is 19.3 Å². The van der Waals surface area contributed by atoms with Gasteiger partial charge in [-0.25, -0.2) is 0 Å². The second kappa shape index (κ2) is 43.0. The average molecular weight is 793 g/mol. The normalized spacial score (nSPS) is 12.5. The summed E-state index contributed by atoms with van der Waals surface area (Å²) in [7, 11) is 0. The van der Waals surface area contributed by atoms with Crippen molar-refractivity contribution >= 4 is 17.9 Å². The van der Waals surface area contributed by atoms with E-state index in [0.717, 1.165) is 69.6 Å². The molecule has 0 fully saturated rings. The van der Waals surface area contributed by atoms with Crippen LogP contribution >= 0.6 is 0 Å². The highest BCUT2D eigenvalue weighted by Gasteiger charge is 2.19. The van der Waals surface area contributed by atoms with Crippen LogP contribution < -0.4 is 0 Å². The number of hydrogen-bond acceptors (Lipinski definition) is 6. The molecule has 0 heterocycles. The SMILES string of the molecule is CCCCCCCCCCCCC(=O)OC[C@@H](COC(=O)CCCCCCCCCCCCCC(C)C)OC(=O)CCCCCCCCCCCCC(C)CC. The van der Waals surface area contributed by atoms with Crippen molar-refractivity contribution in [2.45, 2.75) is 278 Å². The Morgan fingerprint density at radius 3 is 1.02 bits per heavy atom. The van der Waals surface area contributed by atoms with Gasteiger partial charge in [-0.3, -0.25) is 14.4 Å². The van der Waals surface area contributed by atoms with Crippen molar-refractivity contribution in [3.8, 4) is 0 Å². The first-order chi connectivity index (χ1) is 27.3. The summed E-state index contributed by atoms with van der Waals surface area (Å²) in [4.78, 5) is 37.8. The van der Waals surface area contributed by atoms with Crippen LogP contribution in [0.5, 0.6) is 0 Å². The molecule has 0 saturated heterocycles. The Hall–Kier alpha value is -1.59. The van der Waals surface area contributed by atoms with Crippen molar-refractivity contribution in [2.24, 2.45) is 11.8 Å². The van der Waals surface area contributed by atoms with E-state index in [2.05, 4.69) is 34.6 Å². The molecule has 6 heteroatoms. The molecular weight excluding hydrogens is 697 g/mol. The Kier molecular flexibility index (Phi) is 41.8. The molecule has 0 aliphatic heterocycles. The summed E-state index contributed by atoms with van der Waals surface area (Å²) < 4.78 is 16.8. The first-order valence-corrected chi connectivity index (χ1v) is 24.8. The monoisotopic (exact) mass is 793 g/mol. The molecule has 0 aromatic rings. The van der Waals surface area contributed by atoms with E-state index in [1.54, 1.807) is 0 Å². The first kappa shape index (κ1) is 54.4. The van der Waals surface area contributed by atoms with E-state index in [9.17, 15) is 14.4 Å².